The lowest BCUT2D eigenvalue weighted by molar-refractivity contribution is -0.137. The van der Waals surface area contributed by atoms with Gasteiger partial charge in [0, 0.05) is 48.6 Å². The maximum atomic E-state index is 12.7. The number of nitrogens with zero attached hydrogens (tertiary/aromatic N) is 7. The number of hydrogen-bond acceptors (Lipinski definition) is 19. The van der Waals surface area contributed by atoms with Gasteiger partial charge < -0.3 is 50.9 Å². The molecule has 1 saturated heterocycles. The van der Waals surface area contributed by atoms with Crippen LogP contribution in [0.4, 0.5) is 5.82 Å². The molecule has 7 atom stereocenters. The molecule has 31 heteroatoms. The molecule has 0 spiro atoms. The number of thioether (sulfide) groups is 1. The number of aromatic nitrogens is 4. The fourth-order valence-electron chi connectivity index (χ4n) is 6.81. The number of azide groups is 1. The Morgan fingerprint density at radius 1 is 0.912 bits per heavy atom. The van der Waals surface area contributed by atoms with Crippen LogP contribution in [0.15, 0.2) is 17.8 Å². The summed E-state index contributed by atoms with van der Waals surface area (Å²) in [5.74, 6) is -1.06. The summed E-state index contributed by atoms with van der Waals surface area (Å²) in [5, 5.41) is 30.2. The van der Waals surface area contributed by atoms with E-state index in [1.807, 2.05) is 0 Å². The molecule has 2 aromatic heterocycles. The van der Waals surface area contributed by atoms with Crippen LogP contribution in [0.5, 0.6) is 0 Å². The highest BCUT2D eigenvalue weighted by Gasteiger charge is 2.50. The third kappa shape index (κ3) is 21.9. The highest BCUT2D eigenvalue weighted by atomic mass is 32.2. The number of nitrogens with two attached hydrogens (primary N) is 1. The van der Waals surface area contributed by atoms with E-state index < -0.39 is 84.6 Å². The Morgan fingerprint density at radius 2 is 1.51 bits per heavy atom. The molecule has 2 aromatic rings. The highest BCUT2D eigenvalue weighted by Crippen LogP contribution is 2.61. The molecule has 0 bridgehead atoms. The Balaban J connectivity index is 1.28. The number of phosphoric acid groups is 3. The zero-order chi connectivity index (χ0) is 50.4. The van der Waals surface area contributed by atoms with Gasteiger partial charge in [-0.2, -0.15) is 4.31 Å². The average Bonchev–Trinajstić information content (AvgIpc) is 3.83. The summed E-state index contributed by atoms with van der Waals surface area (Å²) in [6.45, 7) is 1.11. The van der Waals surface area contributed by atoms with Crippen LogP contribution in [0.2, 0.25) is 0 Å². The second-order valence-electron chi connectivity index (χ2n) is 16.6. The van der Waals surface area contributed by atoms with E-state index in [0.717, 1.165) is 67.5 Å². The van der Waals surface area contributed by atoms with E-state index in [1.165, 1.54) is 58.8 Å². The Morgan fingerprint density at radius 3 is 2.13 bits per heavy atom. The number of anilines is 1. The van der Waals surface area contributed by atoms with Crippen molar-refractivity contribution in [3.05, 3.63) is 23.1 Å². The largest absolute Gasteiger partial charge is 0.481 e. The molecule has 2 amide bonds. The van der Waals surface area contributed by atoms with Crippen molar-refractivity contribution in [2.45, 2.75) is 141 Å². The van der Waals surface area contributed by atoms with Crippen molar-refractivity contribution in [3.63, 3.8) is 0 Å². The number of carbonyl (C=O) groups is 3. The number of aliphatic hydroxyl groups excluding tert-OH is 2. The van der Waals surface area contributed by atoms with Gasteiger partial charge in [-0.15, -0.1) is 0 Å². The second-order valence-corrected chi connectivity index (χ2v) is 22.0. The Hall–Kier alpha value is -3.13. The van der Waals surface area contributed by atoms with Gasteiger partial charge in [-0.25, -0.2) is 28.6 Å². The molecule has 1 aliphatic rings. The van der Waals surface area contributed by atoms with Crippen molar-refractivity contribution in [3.8, 4) is 0 Å². The van der Waals surface area contributed by atoms with Gasteiger partial charge in [0.05, 0.1) is 19.5 Å². The Kier molecular flexibility index (Phi) is 25.5. The van der Waals surface area contributed by atoms with E-state index in [4.69, 9.17) is 25.0 Å². The van der Waals surface area contributed by atoms with E-state index in [-0.39, 0.29) is 41.6 Å². The number of nitrogens with one attached hydrogen (secondary N) is 2. The van der Waals surface area contributed by atoms with Crippen molar-refractivity contribution in [1.82, 2.24) is 30.2 Å². The number of hydrogen-bond donors (Lipinski definition) is 9. The van der Waals surface area contributed by atoms with Gasteiger partial charge in [0.2, 0.25) is 11.8 Å². The lowest BCUT2D eigenvalue weighted by Crippen LogP contribution is -2.46. The van der Waals surface area contributed by atoms with Crippen molar-refractivity contribution in [1.29, 1.82) is 0 Å². The van der Waals surface area contributed by atoms with Crippen LogP contribution in [-0.4, -0.2) is 129 Å². The summed E-state index contributed by atoms with van der Waals surface area (Å²) in [6, 6.07) is 0. The van der Waals surface area contributed by atoms with Crippen LogP contribution in [0.1, 0.15) is 116 Å². The summed E-state index contributed by atoms with van der Waals surface area (Å²) in [5.41, 5.74) is 12.5. The summed E-state index contributed by atoms with van der Waals surface area (Å²) in [7, 11) is -16.4. The lowest BCUT2D eigenvalue weighted by atomic mass is 9.87. The Bertz CT molecular complexity index is 2110. The minimum Gasteiger partial charge on any atom is -0.386 e. The number of phosphoric ester groups is 3. The number of ether oxygens (including phenoxy) is 1. The molecule has 27 nitrogen and oxygen atoms in total. The number of unbranched alkanes of at least 4 members (excludes halogenated alkanes) is 12. The summed E-state index contributed by atoms with van der Waals surface area (Å²) in [6.07, 6.45) is 8.18. The predicted octanol–water partition coefficient (Wildman–Crippen LogP) is 4.44. The molecule has 3 unspecified atom stereocenters. The molecule has 386 valence electrons. The molecule has 10 N–H and O–H groups in total. The first kappa shape index (κ1) is 59.2. The monoisotopic (exact) mass is 1050 g/mol. The minimum absolute atomic E-state index is 0.0300. The molecule has 0 radical (unpaired) electrons. The lowest BCUT2D eigenvalue weighted by Gasteiger charge is -2.30. The zero-order valence-corrected chi connectivity index (χ0v) is 41.5. The van der Waals surface area contributed by atoms with Crippen molar-refractivity contribution in [2.75, 3.05) is 44.3 Å². The molecule has 3 heterocycles. The SMILES string of the molecule is CC(C)(COP(=O)(O)OP(=O)(O)OC[C@H]1O[C@@H](n2cnc3c(N)ncnc32)C(O)[C@H]1OP(=O)(O)O)[C@@H](O)C(=O)NCCC(=O)NCCSC(=O)CCCCCCCCCCCCCCCN=[N+]=[N-]. The van der Waals surface area contributed by atoms with E-state index in [9.17, 15) is 57.9 Å². The Labute approximate surface area is 397 Å². The van der Waals surface area contributed by atoms with Gasteiger partial charge in [0.15, 0.2) is 22.8 Å². The number of nitrogen functional groups attached to an aromatic ring is 1. The third-order valence-corrected chi connectivity index (χ3v) is 14.5. The second kappa shape index (κ2) is 29.3. The fraction of sp³-hybridized carbons (Fsp3) is 0.784. The van der Waals surface area contributed by atoms with Crippen molar-refractivity contribution < 1.29 is 80.5 Å². The molecular formula is C37H65N10O17P3S. The van der Waals surface area contributed by atoms with Gasteiger partial charge >= 0.3 is 23.5 Å². The van der Waals surface area contributed by atoms with Crippen LogP contribution in [0.3, 0.4) is 0 Å². The average molecular weight is 1050 g/mol. The maximum Gasteiger partial charge on any atom is 0.481 e. The summed E-state index contributed by atoms with van der Waals surface area (Å²) < 4.78 is 62.4. The molecule has 1 aliphatic heterocycles. The molecule has 1 fully saturated rings. The van der Waals surface area contributed by atoms with E-state index in [1.54, 1.807) is 0 Å². The maximum absolute atomic E-state index is 12.7. The van der Waals surface area contributed by atoms with Crippen LogP contribution < -0.4 is 16.4 Å². The molecule has 68 heavy (non-hydrogen) atoms. The molecule has 0 saturated carbocycles. The topological polar surface area (TPSA) is 412 Å². The molecule has 0 aromatic carbocycles. The fourth-order valence-corrected chi connectivity index (χ4v) is 10.4. The normalized spacial score (nSPS) is 19.8. The van der Waals surface area contributed by atoms with Crippen molar-refractivity contribution in [2.24, 2.45) is 10.5 Å². The van der Waals surface area contributed by atoms with E-state index in [0.29, 0.717) is 18.7 Å². The minimum atomic E-state index is -5.58. The number of aliphatic hydroxyl groups is 2. The van der Waals surface area contributed by atoms with Crippen LogP contribution in [0, 0.1) is 5.41 Å². The highest BCUT2D eigenvalue weighted by molar-refractivity contribution is 8.13. The molecule has 3 rings (SSSR count). The van der Waals surface area contributed by atoms with Crippen LogP contribution in [-0.2, 0) is 50.7 Å². The number of amides is 2. The van der Waals surface area contributed by atoms with Gasteiger partial charge in [-0.05, 0) is 18.4 Å². The number of fused-ring (bicyclic) bond motifs is 1. The van der Waals surface area contributed by atoms with Gasteiger partial charge in [-0.3, -0.25) is 32.5 Å². The number of imidazole rings is 1. The molecule has 0 aliphatic carbocycles. The van der Waals surface area contributed by atoms with Gasteiger partial charge in [-0.1, -0.05) is 101 Å². The zero-order valence-electron chi connectivity index (χ0n) is 38.0. The first-order valence-electron chi connectivity index (χ1n) is 22.1. The standard InChI is InChI=1S/C37H65N10O17P3S/c1-37(2,32(51)35(52)41-19-17-27(48)40-20-21-68-28(49)16-14-12-10-8-6-4-3-5-7-9-11-13-15-18-45-46-39)23-61-67(58,59)64-66(56,57)60-22-26-31(63-65(53,54)55)30(50)36(62-26)47-25-44-29-33(38)42-24-43-34(29)47/h24-26,30-32,36,50-51H,3-23H2,1-2H3,(H,40,48)(H,41,52)(H,56,57)(H,58,59)(H2,38,42,43)(H2,53,54,55)/t26-,30?,31+,32+,36-/m1/s1. The third-order valence-electron chi connectivity index (χ3n) is 10.5. The van der Waals surface area contributed by atoms with Crippen LogP contribution >= 0.6 is 35.2 Å². The molecular weight excluding hydrogens is 981 g/mol. The number of carbonyl (C=O) groups excluding carboxylic acids is 3. The van der Waals surface area contributed by atoms with Crippen molar-refractivity contribution >= 4 is 69.1 Å². The smallest absolute Gasteiger partial charge is 0.386 e. The van der Waals surface area contributed by atoms with E-state index in [2.05, 4.69) is 44.4 Å². The first-order valence-corrected chi connectivity index (χ1v) is 27.6. The van der Waals surface area contributed by atoms with Gasteiger partial charge in [0.1, 0.15) is 36.3 Å². The van der Waals surface area contributed by atoms with Gasteiger partial charge in [0.25, 0.3) is 0 Å². The predicted molar refractivity (Wildman–Crippen MR) is 246 cm³/mol. The van der Waals surface area contributed by atoms with E-state index >= 15 is 0 Å². The quantitative estimate of drug-likeness (QED) is 0.0151. The summed E-state index contributed by atoms with van der Waals surface area (Å²) >= 11 is 1.14. The summed E-state index contributed by atoms with van der Waals surface area (Å²) in [4.78, 5) is 91.1. The van der Waals surface area contributed by atoms with Crippen LogP contribution in [0.25, 0.3) is 21.6 Å². The first-order chi connectivity index (χ1) is 32.1. The number of rotatable bonds is 35.